The lowest BCUT2D eigenvalue weighted by Gasteiger charge is -2.23. The first-order valence-corrected chi connectivity index (χ1v) is 8.56. The van der Waals surface area contributed by atoms with Crippen molar-refractivity contribution in [2.24, 2.45) is 5.73 Å². The summed E-state index contributed by atoms with van der Waals surface area (Å²) in [5, 5.41) is 6.19. The minimum Gasteiger partial charge on any atom is -0.349 e. The van der Waals surface area contributed by atoms with Crippen molar-refractivity contribution in [2.45, 2.75) is 56.5 Å². The van der Waals surface area contributed by atoms with Crippen LogP contribution in [0, 0.1) is 0 Å². The predicted octanol–water partition coefficient (Wildman–Crippen LogP) is 2.83. The molecule has 0 heterocycles. The van der Waals surface area contributed by atoms with E-state index in [9.17, 15) is 9.59 Å². The molecule has 124 valence electrons. The Labute approximate surface area is 141 Å². The summed E-state index contributed by atoms with van der Waals surface area (Å²) in [5.41, 5.74) is 6.06. The Morgan fingerprint density at radius 2 is 1.87 bits per heavy atom. The molecule has 0 unspecified atom stereocenters. The van der Waals surface area contributed by atoms with E-state index in [0.717, 1.165) is 25.7 Å². The molecule has 5 nitrogen and oxygen atoms in total. The van der Waals surface area contributed by atoms with Gasteiger partial charge in [-0.25, -0.2) is 0 Å². The van der Waals surface area contributed by atoms with Crippen LogP contribution in [0.1, 0.15) is 55.3 Å². The lowest BCUT2D eigenvalue weighted by atomic mass is 9.95. The van der Waals surface area contributed by atoms with Crippen LogP contribution in [-0.4, -0.2) is 23.4 Å². The van der Waals surface area contributed by atoms with Crippen LogP contribution in [0.2, 0.25) is 5.02 Å². The first-order valence-electron chi connectivity index (χ1n) is 8.19. The number of hydrogen-bond acceptors (Lipinski definition) is 3. The summed E-state index contributed by atoms with van der Waals surface area (Å²) in [4.78, 5) is 24.5. The average Bonchev–Trinajstić information content (AvgIpc) is 3.29. The van der Waals surface area contributed by atoms with Gasteiger partial charge in [-0.1, -0.05) is 30.9 Å². The van der Waals surface area contributed by atoms with E-state index in [-0.39, 0.29) is 17.9 Å². The van der Waals surface area contributed by atoms with E-state index in [1.807, 2.05) is 0 Å². The molecule has 2 saturated carbocycles. The molecule has 0 bridgehead atoms. The maximum Gasteiger partial charge on any atom is 0.253 e. The lowest BCUT2D eigenvalue weighted by molar-refractivity contribution is -0.118. The van der Waals surface area contributed by atoms with Crippen LogP contribution in [0.4, 0.5) is 5.69 Å². The van der Waals surface area contributed by atoms with Gasteiger partial charge in [0.15, 0.2) is 0 Å². The van der Waals surface area contributed by atoms with Gasteiger partial charge in [0.2, 0.25) is 5.91 Å². The van der Waals surface area contributed by atoms with Crippen molar-refractivity contribution in [2.75, 3.05) is 5.32 Å². The fourth-order valence-electron chi connectivity index (χ4n) is 2.90. The second-order valence-electron chi connectivity index (χ2n) is 6.61. The number of carbonyl (C=O) groups is 2. The molecule has 1 aromatic rings. The average molecular weight is 336 g/mol. The van der Waals surface area contributed by atoms with Crippen LogP contribution in [-0.2, 0) is 4.79 Å². The third-order valence-corrected chi connectivity index (χ3v) is 4.98. The molecule has 0 radical (unpaired) electrons. The predicted molar refractivity (Wildman–Crippen MR) is 90.6 cm³/mol. The summed E-state index contributed by atoms with van der Waals surface area (Å²) in [6.07, 6.45) is 6.93. The first kappa shape index (κ1) is 16.3. The number of halogens is 1. The topological polar surface area (TPSA) is 84.2 Å². The second-order valence-corrected chi connectivity index (χ2v) is 7.02. The quantitative estimate of drug-likeness (QED) is 0.791. The zero-order valence-electron chi connectivity index (χ0n) is 13.0. The van der Waals surface area contributed by atoms with E-state index in [1.165, 1.54) is 6.42 Å². The number of carbonyl (C=O) groups excluding carboxylic acids is 2. The summed E-state index contributed by atoms with van der Waals surface area (Å²) in [6.45, 7) is 0. The van der Waals surface area contributed by atoms with Gasteiger partial charge in [-0.15, -0.1) is 0 Å². The SMILES string of the molecule is NC1(C(=O)Nc2ccc(Cl)c(C(=O)NC3CCCCC3)c2)CC1. The molecule has 4 N–H and O–H groups in total. The van der Waals surface area contributed by atoms with Gasteiger partial charge >= 0.3 is 0 Å². The van der Waals surface area contributed by atoms with E-state index in [2.05, 4.69) is 10.6 Å². The fraction of sp³-hybridized carbons (Fsp3) is 0.529. The molecule has 3 rings (SSSR count). The molecule has 2 amide bonds. The van der Waals surface area contributed by atoms with Crippen LogP contribution in [0.5, 0.6) is 0 Å². The molecular formula is C17H22ClN3O2. The van der Waals surface area contributed by atoms with Crippen molar-refractivity contribution in [3.05, 3.63) is 28.8 Å². The largest absolute Gasteiger partial charge is 0.349 e. The summed E-state index contributed by atoms with van der Waals surface area (Å²) in [6, 6.07) is 5.14. The molecule has 6 heteroatoms. The summed E-state index contributed by atoms with van der Waals surface area (Å²) in [7, 11) is 0. The third-order valence-electron chi connectivity index (χ3n) is 4.65. The molecular weight excluding hydrogens is 314 g/mol. The maximum atomic E-state index is 12.4. The van der Waals surface area contributed by atoms with Crippen molar-refractivity contribution in [1.29, 1.82) is 0 Å². The van der Waals surface area contributed by atoms with Gasteiger partial charge in [-0.05, 0) is 43.9 Å². The molecule has 0 spiro atoms. The Bertz CT molecular complexity index is 622. The highest BCUT2D eigenvalue weighted by Crippen LogP contribution is 2.33. The van der Waals surface area contributed by atoms with Crippen LogP contribution in [0.25, 0.3) is 0 Å². The highest BCUT2D eigenvalue weighted by molar-refractivity contribution is 6.34. The van der Waals surface area contributed by atoms with Crippen LogP contribution < -0.4 is 16.4 Å². The molecule has 23 heavy (non-hydrogen) atoms. The number of nitrogens with one attached hydrogen (secondary N) is 2. The van der Waals surface area contributed by atoms with E-state index in [1.54, 1.807) is 18.2 Å². The number of hydrogen-bond donors (Lipinski definition) is 3. The molecule has 1 aromatic carbocycles. The summed E-state index contributed by atoms with van der Waals surface area (Å²) >= 11 is 6.15. The van der Waals surface area contributed by atoms with Crippen molar-refractivity contribution < 1.29 is 9.59 Å². The number of benzene rings is 1. The third kappa shape index (κ3) is 3.85. The van der Waals surface area contributed by atoms with E-state index >= 15 is 0 Å². The van der Waals surface area contributed by atoms with E-state index in [4.69, 9.17) is 17.3 Å². The van der Waals surface area contributed by atoms with Gasteiger partial charge < -0.3 is 16.4 Å². The monoisotopic (exact) mass is 335 g/mol. The van der Waals surface area contributed by atoms with E-state index in [0.29, 0.717) is 29.1 Å². The molecule has 0 atom stereocenters. The van der Waals surface area contributed by atoms with Gasteiger partial charge in [0.05, 0.1) is 16.1 Å². The number of rotatable bonds is 4. The van der Waals surface area contributed by atoms with Crippen LogP contribution in [0.15, 0.2) is 18.2 Å². The second kappa shape index (κ2) is 6.49. The molecule has 0 aliphatic heterocycles. The fourth-order valence-corrected chi connectivity index (χ4v) is 3.11. The smallest absolute Gasteiger partial charge is 0.253 e. The Morgan fingerprint density at radius 1 is 1.17 bits per heavy atom. The summed E-state index contributed by atoms with van der Waals surface area (Å²) < 4.78 is 0. The Kier molecular flexibility index (Phi) is 4.60. The van der Waals surface area contributed by atoms with Crippen LogP contribution in [0.3, 0.4) is 0 Å². The van der Waals surface area contributed by atoms with Gasteiger partial charge in [0, 0.05) is 11.7 Å². The minimum absolute atomic E-state index is 0.188. The molecule has 0 aromatic heterocycles. The highest BCUT2D eigenvalue weighted by atomic mass is 35.5. The number of amides is 2. The van der Waals surface area contributed by atoms with Crippen molar-refractivity contribution in [3.63, 3.8) is 0 Å². The van der Waals surface area contributed by atoms with Gasteiger partial charge in [-0.2, -0.15) is 0 Å². The highest BCUT2D eigenvalue weighted by Gasteiger charge is 2.45. The molecule has 0 saturated heterocycles. The van der Waals surface area contributed by atoms with Crippen molar-refractivity contribution >= 4 is 29.1 Å². The van der Waals surface area contributed by atoms with Gasteiger partial charge in [0.1, 0.15) is 0 Å². The zero-order valence-corrected chi connectivity index (χ0v) is 13.8. The molecule has 2 fully saturated rings. The number of nitrogens with two attached hydrogens (primary N) is 1. The standard InChI is InChI=1S/C17H22ClN3O2/c18-14-7-6-12(21-16(23)17(19)8-9-17)10-13(14)15(22)20-11-4-2-1-3-5-11/h6-7,10-11H,1-5,8-9,19H2,(H,20,22)(H,21,23). The Balaban J connectivity index is 1.69. The normalized spacial score (nSPS) is 19.9. The van der Waals surface area contributed by atoms with Crippen molar-refractivity contribution in [1.82, 2.24) is 5.32 Å². The minimum atomic E-state index is -0.746. The van der Waals surface area contributed by atoms with Gasteiger partial charge in [0.25, 0.3) is 5.91 Å². The van der Waals surface area contributed by atoms with Crippen LogP contribution >= 0.6 is 11.6 Å². The van der Waals surface area contributed by atoms with Crippen molar-refractivity contribution in [3.8, 4) is 0 Å². The van der Waals surface area contributed by atoms with Gasteiger partial charge in [-0.3, -0.25) is 9.59 Å². The zero-order chi connectivity index (χ0) is 16.4. The lowest BCUT2D eigenvalue weighted by Crippen LogP contribution is -2.38. The first-order chi connectivity index (χ1) is 11.0. The van der Waals surface area contributed by atoms with E-state index < -0.39 is 5.54 Å². The molecule has 2 aliphatic carbocycles. The maximum absolute atomic E-state index is 12.4. The molecule has 2 aliphatic rings. The summed E-state index contributed by atoms with van der Waals surface area (Å²) in [5.74, 6) is -0.398. The Morgan fingerprint density at radius 3 is 2.52 bits per heavy atom. The number of anilines is 1. The Hall–Kier alpha value is -1.59.